The molecule has 7 heteroatoms. The summed E-state index contributed by atoms with van der Waals surface area (Å²) < 4.78 is 10.7. The van der Waals surface area contributed by atoms with Crippen LogP contribution >= 0.6 is 0 Å². The highest BCUT2D eigenvalue weighted by Gasteiger charge is 2.53. The van der Waals surface area contributed by atoms with Crippen LogP contribution in [0.2, 0.25) is 0 Å². The van der Waals surface area contributed by atoms with E-state index in [1.807, 2.05) is 30.3 Å². The zero-order chi connectivity index (χ0) is 21.5. The maximum Gasteiger partial charge on any atom is 0.222 e. The smallest absolute Gasteiger partial charge is 0.222 e. The quantitative estimate of drug-likeness (QED) is 0.500. The Morgan fingerprint density at radius 2 is 1.80 bits per heavy atom. The normalized spacial score (nSPS) is 33.7. The van der Waals surface area contributed by atoms with Crippen LogP contribution in [0.5, 0.6) is 5.75 Å². The Morgan fingerprint density at radius 1 is 1.07 bits per heavy atom. The second-order valence-corrected chi connectivity index (χ2v) is 8.09. The third-order valence-corrected chi connectivity index (χ3v) is 6.36. The highest BCUT2D eigenvalue weighted by Crippen LogP contribution is 2.42. The monoisotopic (exact) mass is 416 g/mol. The lowest BCUT2D eigenvalue weighted by Gasteiger charge is -2.45. The predicted molar refractivity (Wildman–Crippen MR) is 108 cm³/mol. The van der Waals surface area contributed by atoms with Crippen molar-refractivity contribution in [1.82, 2.24) is 0 Å². The molecule has 30 heavy (non-hydrogen) atoms. The van der Waals surface area contributed by atoms with Crippen LogP contribution in [0.1, 0.15) is 41.0 Å². The van der Waals surface area contributed by atoms with Crippen molar-refractivity contribution in [2.45, 2.75) is 55.4 Å². The van der Waals surface area contributed by atoms with Crippen molar-refractivity contribution in [3.63, 3.8) is 0 Å². The van der Waals surface area contributed by atoms with Crippen LogP contribution in [-0.2, 0) is 16.9 Å². The fourth-order valence-corrected chi connectivity index (χ4v) is 4.60. The SMILES string of the molecule is COc1ccc(C2CCCc3ccc([C@@]4(O)O[C@H](CO)[C@@H](O)[C@H](O)[C@H]4O)cc32)cc1. The average Bonchev–Trinajstić information content (AvgIpc) is 2.79. The third-order valence-electron chi connectivity index (χ3n) is 6.36. The van der Waals surface area contributed by atoms with E-state index in [9.17, 15) is 25.5 Å². The first-order chi connectivity index (χ1) is 14.4. The van der Waals surface area contributed by atoms with Gasteiger partial charge >= 0.3 is 0 Å². The average molecular weight is 416 g/mol. The molecule has 2 aromatic carbocycles. The number of methoxy groups -OCH3 is 1. The van der Waals surface area contributed by atoms with E-state index in [0.29, 0.717) is 0 Å². The van der Waals surface area contributed by atoms with E-state index in [2.05, 4.69) is 0 Å². The minimum absolute atomic E-state index is 0.105. The second-order valence-electron chi connectivity index (χ2n) is 8.09. The summed E-state index contributed by atoms with van der Waals surface area (Å²) in [5, 5.41) is 51.3. The molecule has 1 fully saturated rings. The molecule has 2 aromatic rings. The van der Waals surface area contributed by atoms with E-state index >= 15 is 0 Å². The number of benzene rings is 2. The zero-order valence-corrected chi connectivity index (χ0v) is 16.8. The van der Waals surface area contributed by atoms with Crippen LogP contribution in [-0.4, -0.2) is 63.7 Å². The summed E-state index contributed by atoms with van der Waals surface area (Å²) in [5.74, 6) is -1.37. The van der Waals surface area contributed by atoms with Crippen LogP contribution in [0.3, 0.4) is 0 Å². The molecule has 1 heterocycles. The summed E-state index contributed by atoms with van der Waals surface area (Å²) in [7, 11) is 1.62. The molecule has 162 valence electrons. The van der Waals surface area contributed by atoms with E-state index in [1.54, 1.807) is 19.2 Å². The molecular weight excluding hydrogens is 388 g/mol. The Morgan fingerprint density at radius 3 is 2.47 bits per heavy atom. The fraction of sp³-hybridized carbons (Fsp3) is 0.478. The first-order valence-electron chi connectivity index (χ1n) is 10.2. The number of rotatable bonds is 4. The highest BCUT2D eigenvalue weighted by atomic mass is 16.7. The lowest BCUT2D eigenvalue weighted by atomic mass is 9.77. The van der Waals surface area contributed by atoms with Crippen molar-refractivity contribution in [1.29, 1.82) is 0 Å². The highest BCUT2D eigenvalue weighted by molar-refractivity contribution is 5.44. The van der Waals surface area contributed by atoms with Gasteiger partial charge in [0.2, 0.25) is 5.79 Å². The van der Waals surface area contributed by atoms with Crippen molar-refractivity contribution in [2.75, 3.05) is 13.7 Å². The summed E-state index contributed by atoms with van der Waals surface area (Å²) in [6.07, 6.45) is -3.28. The van der Waals surface area contributed by atoms with E-state index < -0.39 is 36.8 Å². The molecule has 1 unspecified atom stereocenters. The number of hydrogen-bond acceptors (Lipinski definition) is 7. The molecule has 7 nitrogen and oxygen atoms in total. The first kappa shape index (κ1) is 21.2. The largest absolute Gasteiger partial charge is 0.497 e. The van der Waals surface area contributed by atoms with Gasteiger partial charge in [-0.25, -0.2) is 0 Å². The summed E-state index contributed by atoms with van der Waals surface area (Å²) >= 11 is 0. The minimum Gasteiger partial charge on any atom is -0.497 e. The third kappa shape index (κ3) is 3.51. The molecular formula is C23H28O7. The molecule has 0 aromatic heterocycles. The van der Waals surface area contributed by atoms with Crippen molar-refractivity contribution in [3.05, 3.63) is 64.7 Å². The minimum atomic E-state index is -2.25. The topological polar surface area (TPSA) is 120 Å². The van der Waals surface area contributed by atoms with Gasteiger partial charge in [0.15, 0.2) is 0 Å². The van der Waals surface area contributed by atoms with Gasteiger partial charge in [0.1, 0.15) is 30.2 Å². The van der Waals surface area contributed by atoms with Gasteiger partial charge in [-0.05, 0) is 54.2 Å². The standard InChI is InChI=1S/C23H28O7/c1-29-16-9-6-14(7-10-16)17-4-2-3-13-5-8-15(11-18(13)17)23(28)22(27)21(26)20(25)19(12-24)30-23/h5-11,17,19-22,24-28H,2-4,12H2,1H3/t17?,19-,20-,21+,22-,23-/m1/s1. The van der Waals surface area contributed by atoms with Gasteiger partial charge in [-0.1, -0.05) is 24.3 Å². The molecule has 0 spiro atoms. The number of fused-ring (bicyclic) bond motifs is 1. The van der Waals surface area contributed by atoms with Crippen molar-refractivity contribution in [3.8, 4) is 5.75 Å². The molecule has 0 bridgehead atoms. The van der Waals surface area contributed by atoms with E-state index in [-0.39, 0.29) is 11.5 Å². The molecule has 1 saturated heterocycles. The molecule has 0 saturated carbocycles. The molecule has 6 atom stereocenters. The van der Waals surface area contributed by atoms with E-state index in [4.69, 9.17) is 9.47 Å². The summed E-state index contributed by atoms with van der Waals surface area (Å²) in [6.45, 7) is -0.604. The Bertz CT molecular complexity index is 882. The fourth-order valence-electron chi connectivity index (χ4n) is 4.60. The van der Waals surface area contributed by atoms with Crippen LogP contribution in [0.15, 0.2) is 42.5 Å². The molecule has 2 aliphatic rings. The lowest BCUT2D eigenvalue weighted by Crippen LogP contribution is -2.63. The predicted octanol–water partition coefficient (Wildman–Crippen LogP) is 0.782. The van der Waals surface area contributed by atoms with Gasteiger partial charge in [0.05, 0.1) is 13.7 Å². The molecule has 1 aliphatic heterocycles. The van der Waals surface area contributed by atoms with Crippen molar-refractivity contribution >= 4 is 0 Å². The number of hydrogen-bond donors (Lipinski definition) is 5. The van der Waals surface area contributed by atoms with Crippen LogP contribution in [0.25, 0.3) is 0 Å². The second kappa shape index (κ2) is 8.26. The first-order valence-corrected chi connectivity index (χ1v) is 10.2. The molecule has 4 rings (SSSR count). The van der Waals surface area contributed by atoms with Gasteiger partial charge in [-0.3, -0.25) is 0 Å². The summed E-state index contributed by atoms with van der Waals surface area (Å²) in [6, 6.07) is 13.2. The molecule has 0 radical (unpaired) electrons. The van der Waals surface area contributed by atoms with Gasteiger partial charge < -0.3 is 35.0 Å². The lowest BCUT2D eigenvalue weighted by molar-refractivity contribution is -0.357. The van der Waals surface area contributed by atoms with E-state index in [0.717, 1.165) is 41.7 Å². The Kier molecular flexibility index (Phi) is 5.85. The Hall–Kier alpha value is -2.00. The number of aliphatic hydroxyl groups excluding tert-OH is 4. The maximum atomic E-state index is 11.2. The molecule has 1 aliphatic carbocycles. The number of aryl methyl sites for hydroxylation is 1. The van der Waals surface area contributed by atoms with Crippen molar-refractivity contribution < 1.29 is 35.0 Å². The van der Waals surface area contributed by atoms with Crippen LogP contribution in [0, 0.1) is 0 Å². The van der Waals surface area contributed by atoms with Gasteiger partial charge in [-0.2, -0.15) is 0 Å². The van der Waals surface area contributed by atoms with Gasteiger partial charge in [-0.15, -0.1) is 0 Å². The summed E-state index contributed by atoms with van der Waals surface area (Å²) in [5.41, 5.74) is 3.57. The van der Waals surface area contributed by atoms with Gasteiger partial charge in [0, 0.05) is 11.5 Å². The molecule has 5 N–H and O–H groups in total. The van der Waals surface area contributed by atoms with Crippen LogP contribution in [0.4, 0.5) is 0 Å². The van der Waals surface area contributed by atoms with Crippen molar-refractivity contribution in [2.24, 2.45) is 0 Å². The number of aliphatic hydroxyl groups is 5. The maximum absolute atomic E-state index is 11.2. The summed E-state index contributed by atoms with van der Waals surface area (Å²) in [4.78, 5) is 0. The van der Waals surface area contributed by atoms with Gasteiger partial charge in [0.25, 0.3) is 0 Å². The van der Waals surface area contributed by atoms with Crippen LogP contribution < -0.4 is 4.74 Å². The number of ether oxygens (including phenoxy) is 2. The molecule has 0 amide bonds. The van der Waals surface area contributed by atoms with E-state index in [1.165, 1.54) is 0 Å². The Labute approximate surface area is 175 Å². The Balaban J connectivity index is 1.73. The zero-order valence-electron chi connectivity index (χ0n) is 16.8.